The number of hydrogen-bond acceptors (Lipinski definition) is 3. The summed E-state index contributed by atoms with van der Waals surface area (Å²) in [4.78, 5) is 26.2. The van der Waals surface area contributed by atoms with E-state index in [1.54, 1.807) is 6.20 Å². The molecule has 0 aliphatic rings. The third kappa shape index (κ3) is 2.10. The van der Waals surface area contributed by atoms with E-state index in [0.717, 1.165) is 5.56 Å². The van der Waals surface area contributed by atoms with Crippen molar-refractivity contribution >= 4 is 5.97 Å². The summed E-state index contributed by atoms with van der Waals surface area (Å²) in [5.74, 6) is -0.635. The van der Waals surface area contributed by atoms with Gasteiger partial charge in [-0.15, -0.1) is 0 Å². The summed E-state index contributed by atoms with van der Waals surface area (Å²) in [6.07, 6.45) is 2.92. The van der Waals surface area contributed by atoms with Gasteiger partial charge < -0.3 is 9.72 Å². The van der Waals surface area contributed by atoms with Gasteiger partial charge in [-0.1, -0.05) is 30.3 Å². The van der Waals surface area contributed by atoms with Crippen LogP contribution in [0.5, 0.6) is 0 Å². The Morgan fingerprint density at radius 3 is 2.53 bits per heavy atom. The van der Waals surface area contributed by atoms with Crippen LogP contribution in [0.2, 0.25) is 0 Å². The third-order valence-corrected chi connectivity index (χ3v) is 2.43. The first kappa shape index (κ1) is 11.1. The van der Waals surface area contributed by atoms with E-state index in [0.29, 0.717) is 5.56 Å². The van der Waals surface area contributed by atoms with Crippen LogP contribution in [0.4, 0.5) is 0 Å². The highest BCUT2D eigenvalue weighted by Gasteiger charge is 2.13. The molecule has 0 radical (unpaired) electrons. The predicted octanol–water partition coefficient (Wildman–Crippen LogP) is 1.83. The molecule has 0 saturated heterocycles. The zero-order valence-corrected chi connectivity index (χ0v) is 9.27. The van der Waals surface area contributed by atoms with Crippen molar-refractivity contribution in [3.05, 3.63) is 58.5 Å². The van der Waals surface area contributed by atoms with Crippen LogP contribution in [-0.2, 0) is 4.74 Å². The number of carbonyl (C=O) groups excluding carboxylic acids is 1. The number of benzene rings is 1. The number of pyridine rings is 1. The summed E-state index contributed by atoms with van der Waals surface area (Å²) in [6, 6.07) is 9.15. The van der Waals surface area contributed by atoms with E-state index >= 15 is 0 Å². The highest BCUT2D eigenvalue weighted by Crippen LogP contribution is 2.14. The maximum atomic E-state index is 12.0. The lowest BCUT2D eigenvalue weighted by Crippen LogP contribution is -2.18. The van der Waals surface area contributed by atoms with Crippen LogP contribution in [0.1, 0.15) is 10.4 Å². The Hall–Kier alpha value is -2.36. The first-order valence-corrected chi connectivity index (χ1v) is 5.09. The fraction of sp³-hybridized carbons (Fsp3) is 0.0769. The average Bonchev–Trinajstić information content (AvgIpc) is 2.39. The molecule has 1 aromatic carbocycles. The third-order valence-electron chi connectivity index (χ3n) is 2.43. The Balaban J connectivity index is 2.58. The number of H-pyrrole nitrogens is 1. The molecule has 4 heteroatoms. The van der Waals surface area contributed by atoms with E-state index in [1.165, 1.54) is 13.3 Å². The van der Waals surface area contributed by atoms with Crippen molar-refractivity contribution in [1.29, 1.82) is 0 Å². The Bertz CT molecular complexity index is 587. The zero-order chi connectivity index (χ0) is 12.3. The molecule has 1 aromatic heterocycles. The molecule has 1 N–H and O–H groups in total. The smallest absolute Gasteiger partial charge is 0.343 e. The fourth-order valence-corrected chi connectivity index (χ4v) is 1.58. The van der Waals surface area contributed by atoms with Gasteiger partial charge in [0.25, 0.3) is 0 Å². The Morgan fingerprint density at radius 1 is 1.18 bits per heavy atom. The molecule has 0 saturated carbocycles. The van der Waals surface area contributed by atoms with E-state index in [1.807, 2.05) is 30.3 Å². The van der Waals surface area contributed by atoms with Crippen LogP contribution in [0.25, 0.3) is 11.1 Å². The normalized spacial score (nSPS) is 9.94. The van der Waals surface area contributed by atoms with Gasteiger partial charge in [0.05, 0.1) is 7.11 Å². The van der Waals surface area contributed by atoms with Gasteiger partial charge in [0.15, 0.2) is 0 Å². The highest BCUT2D eigenvalue weighted by molar-refractivity contribution is 5.90. The molecule has 1 heterocycles. The van der Waals surface area contributed by atoms with E-state index in [9.17, 15) is 9.59 Å². The molecule has 0 amide bonds. The standard InChI is InChI=1S/C13H11NO3/c1-17-13(16)11-8-14-7-10(12(11)15)9-5-3-2-4-6-9/h2-8H,1H3,(H,14,15). The lowest BCUT2D eigenvalue weighted by Gasteiger charge is -2.03. The molecular weight excluding hydrogens is 218 g/mol. The maximum absolute atomic E-state index is 12.0. The summed E-state index contributed by atoms with van der Waals surface area (Å²) in [5.41, 5.74) is 0.892. The SMILES string of the molecule is COC(=O)c1c[nH]cc(-c2ccccc2)c1=O. The number of nitrogens with one attached hydrogen (secondary N) is 1. The molecule has 86 valence electrons. The molecular formula is C13H11NO3. The first-order chi connectivity index (χ1) is 8.24. The molecule has 0 bridgehead atoms. The average molecular weight is 229 g/mol. The largest absolute Gasteiger partial charge is 0.465 e. The lowest BCUT2D eigenvalue weighted by atomic mass is 10.1. The lowest BCUT2D eigenvalue weighted by molar-refractivity contribution is 0.0599. The van der Waals surface area contributed by atoms with Crippen molar-refractivity contribution in [2.75, 3.05) is 7.11 Å². The Morgan fingerprint density at radius 2 is 1.88 bits per heavy atom. The summed E-state index contributed by atoms with van der Waals surface area (Å²) in [7, 11) is 1.25. The van der Waals surface area contributed by atoms with Crippen LogP contribution in [-0.4, -0.2) is 18.1 Å². The number of carbonyl (C=O) groups is 1. The van der Waals surface area contributed by atoms with Crippen molar-refractivity contribution in [3.8, 4) is 11.1 Å². The second-order valence-electron chi connectivity index (χ2n) is 3.47. The zero-order valence-electron chi connectivity index (χ0n) is 9.27. The minimum atomic E-state index is -0.635. The van der Waals surface area contributed by atoms with Gasteiger partial charge in [-0.2, -0.15) is 0 Å². The maximum Gasteiger partial charge on any atom is 0.343 e. The number of aromatic amines is 1. The van der Waals surface area contributed by atoms with E-state index in [4.69, 9.17) is 0 Å². The summed E-state index contributed by atoms with van der Waals surface area (Å²) in [6.45, 7) is 0. The molecule has 0 aliphatic carbocycles. The number of ether oxygens (including phenoxy) is 1. The molecule has 0 atom stereocenters. The predicted molar refractivity (Wildman–Crippen MR) is 63.8 cm³/mol. The Labute approximate surface area is 97.9 Å². The summed E-state index contributed by atoms with van der Waals surface area (Å²) in [5, 5.41) is 0. The van der Waals surface area contributed by atoms with Crippen molar-refractivity contribution < 1.29 is 9.53 Å². The van der Waals surface area contributed by atoms with Gasteiger partial charge in [-0.3, -0.25) is 4.79 Å². The fourth-order valence-electron chi connectivity index (χ4n) is 1.58. The van der Waals surface area contributed by atoms with Gasteiger partial charge >= 0.3 is 5.97 Å². The van der Waals surface area contributed by atoms with Gasteiger partial charge in [0, 0.05) is 18.0 Å². The summed E-state index contributed by atoms with van der Waals surface area (Å²) < 4.78 is 4.55. The van der Waals surface area contributed by atoms with Crippen LogP contribution in [0.15, 0.2) is 47.5 Å². The monoisotopic (exact) mass is 229 g/mol. The molecule has 17 heavy (non-hydrogen) atoms. The quantitative estimate of drug-likeness (QED) is 0.799. The number of hydrogen-bond donors (Lipinski definition) is 1. The molecule has 2 rings (SSSR count). The first-order valence-electron chi connectivity index (χ1n) is 5.09. The van der Waals surface area contributed by atoms with Crippen LogP contribution in [0.3, 0.4) is 0 Å². The molecule has 0 unspecified atom stereocenters. The second kappa shape index (κ2) is 4.65. The van der Waals surface area contributed by atoms with Gasteiger partial charge in [0.2, 0.25) is 5.43 Å². The van der Waals surface area contributed by atoms with Crippen molar-refractivity contribution in [3.63, 3.8) is 0 Å². The molecule has 4 nitrogen and oxygen atoms in total. The van der Waals surface area contributed by atoms with Gasteiger partial charge in [0.1, 0.15) is 5.56 Å². The summed E-state index contributed by atoms with van der Waals surface area (Å²) >= 11 is 0. The van der Waals surface area contributed by atoms with Gasteiger partial charge in [-0.05, 0) is 5.56 Å². The highest BCUT2D eigenvalue weighted by atomic mass is 16.5. The second-order valence-corrected chi connectivity index (χ2v) is 3.47. The molecule has 2 aromatic rings. The number of methoxy groups -OCH3 is 1. The molecule has 0 spiro atoms. The number of esters is 1. The minimum Gasteiger partial charge on any atom is -0.465 e. The van der Waals surface area contributed by atoms with Crippen LogP contribution in [0, 0.1) is 0 Å². The van der Waals surface area contributed by atoms with E-state index in [-0.39, 0.29) is 11.0 Å². The minimum absolute atomic E-state index is 0.00820. The van der Waals surface area contributed by atoms with Crippen molar-refractivity contribution in [2.45, 2.75) is 0 Å². The number of aromatic nitrogens is 1. The van der Waals surface area contributed by atoms with Crippen LogP contribution < -0.4 is 5.43 Å². The van der Waals surface area contributed by atoms with E-state index in [2.05, 4.69) is 9.72 Å². The molecule has 0 aliphatic heterocycles. The van der Waals surface area contributed by atoms with Crippen LogP contribution >= 0.6 is 0 Å². The van der Waals surface area contributed by atoms with Crippen molar-refractivity contribution in [2.24, 2.45) is 0 Å². The van der Waals surface area contributed by atoms with Gasteiger partial charge in [-0.25, -0.2) is 4.79 Å². The molecule has 0 fully saturated rings. The van der Waals surface area contributed by atoms with Crippen molar-refractivity contribution in [1.82, 2.24) is 4.98 Å². The number of rotatable bonds is 2. The topological polar surface area (TPSA) is 59.2 Å². The Kier molecular flexibility index (Phi) is 3.05. The van der Waals surface area contributed by atoms with E-state index < -0.39 is 5.97 Å².